The molecule has 7 heteroatoms. The molecule has 1 aromatic heterocycles. The molecule has 4 aliphatic rings. The topological polar surface area (TPSA) is 96.9 Å². The van der Waals surface area contributed by atoms with Crippen molar-refractivity contribution in [2.24, 2.45) is 35.5 Å². The van der Waals surface area contributed by atoms with E-state index in [1.54, 1.807) is 0 Å². The van der Waals surface area contributed by atoms with Crippen molar-refractivity contribution in [1.82, 2.24) is 15.0 Å². The van der Waals surface area contributed by atoms with Gasteiger partial charge < -0.3 is 0 Å². The van der Waals surface area contributed by atoms with Gasteiger partial charge in [0.25, 0.3) is 0 Å². The van der Waals surface area contributed by atoms with Gasteiger partial charge in [0.05, 0.1) is 0 Å². The molecule has 0 aromatic carbocycles. The number of amides is 2. The van der Waals surface area contributed by atoms with E-state index in [0.717, 1.165) is 38.5 Å². The Kier molecular flexibility index (Phi) is 6.69. The molecule has 2 N–H and O–H groups in total. The number of nitrogens with one attached hydrogen (secondary N) is 2. The van der Waals surface area contributed by atoms with E-state index >= 15 is 0 Å². The van der Waals surface area contributed by atoms with E-state index in [1.807, 2.05) is 0 Å². The molecule has 32 heavy (non-hydrogen) atoms. The lowest BCUT2D eigenvalue weighted by atomic mass is 9.65. The maximum Gasteiger partial charge on any atom is 0.234 e. The summed E-state index contributed by atoms with van der Waals surface area (Å²) in [5.74, 6) is 3.03. The first-order valence-electron chi connectivity index (χ1n) is 13.0. The molecule has 174 valence electrons. The minimum absolute atomic E-state index is 0.0300. The summed E-state index contributed by atoms with van der Waals surface area (Å²) in [5.41, 5.74) is 0. The Morgan fingerprint density at radius 3 is 1.56 bits per heavy atom. The van der Waals surface area contributed by atoms with Crippen molar-refractivity contribution in [3.8, 4) is 0 Å². The van der Waals surface area contributed by atoms with Gasteiger partial charge in [-0.25, -0.2) is 9.97 Å². The Hall–Kier alpha value is -2.05. The fourth-order valence-corrected chi connectivity index (χ4v) is 7.35. The molecule has 0 bridgehead atoms. The summed E-state index contributed by atoms with van der Waals surface area (Å²) in [6.45, 7) is 0. The molecule has 2 amide bonds. The van der Waals surface area contributed by atoms with Crippen LogP contribution >= 0.6 is 0 Å². The first-order chi connectivity index (χ1) is 15.7. The molecule has 4 saturated carbocycles. The molecule has 0 aliphatic heterocycles. The summed E-state index contributed by atoms with van der Waals surface area (Å²) in [5, 5.41) is 5.86. The van der Waals surface area contributed by atoms with Crippen molar-refractivity contribution in [2.45, 2.75) is 89.9 Å². The van der Waals surface area contributed by atoms with Crippen LogP contribution in [0.3, 0.4) is 0 Å². The minimum Gasteiger partial charge on any atom is -0.294 e. The zero-order valence-electron chi connectivity index (χ0n) is 19.1. The number of anilines is 2. The van der Waals surface area contributed by atoms with Gasteiger partial charge in [-0.15, -0.1) is 0 Å². The summed E-state index contributed by atoms with van der Waals surface area (Å²) < 4.78 is 0. The fourth-order valence-electron chi connectivity index (χ4n) is 7.35. The van der Waals surface area contributed by atoms with Crippen LogP contribution in [0.15, 0.2) is 6.33 Å². The molecule has 1 heterocycles. The van der Waals surface area contributed by atoms with Crippen molar-refractivity contribution in [2.75, 3.05) is 10.6 Å². The minimum atomic E-state index is 0.0300. The third kappa shape index (κ3) is 4.67. The lowest BCUT2D eigenvalue weighted by Gasteiger charge is -2.40. The quantitative estimate of drug-likeness (QED) is 0.691. The SMILES string of the molecule is O=C(Nc1ncnc(NC(=O)C2CCCC3CCCCC32)n1)C1CCCC2CCCCC21. The van der Waals surface area contributed by atoms with Gasteiger partial charge in [0.2, 0.25) is 23.7 Å². The van der Waals surface area contributed by atoms with Crippen LogP contribution in [0.1, 0.15) is 89.9 Å². The highest BCUT2D eigenvalue weighted by molar-refractivity contribution is 5.93. The molecule has 6 atom stereocenters. The van der Waals surface area contributed by atoms with Gasteiger partial charge in [-0.2, -0.15) is 4.98 Å². The summed E-state index contributed by atoms with van der Waals surface area (Å²) >= 11 is 0. The number of hydrogen-bond donors (Lipinski definition) is 2. The third-order valence-corrected chi connectivity index (χ3v) is 8.86. The van der Waals surface area contributed by atoms with Crippen molar-refractivity contribution in [3.63, 3.8) is 0 Å². The average Bonchev–Trinajstić information content (AvgIpc) is 2.83. The molecule has 4 aliphatic carbocycles. The first kappa shape index (κ1) is 21.8. The van der Waals surface area contributed by atoms with Crippen LogP contribution < -0.4 is 10.6 Å². The van der Waals surface area contributed by atoms with Crippen LogP contribution in [0.25, 0.3) is 0 Å². The lowest BCUT2D eigenvalue weighted by Crippen LogP contribution is -2.39. The maximum absolute atomic E-state index is 13.1. The maximum atomic E-state index is 13.1. The smallest absolute Gasteiger partial charge is 0.234 e. The van der Waals surface area contributed by atoms with E-state index in [0.29, 0.717) is 23.7 Å². The molecule has 7 nitrogen and oxygen atoms in total. The Labute approximate surface area is 191 Å². The molecule has 4 fully saturated rings. The van der Waals surface area contributed by atoms with Crippen LogP contribution in [0.2, 0.25) is 0 Å². The van der Waals surface area contributed by atoms with Gasteiger partial charge in [-0.05, 0) is 49.4 Å². The van der Waals surface area contributed by atoms with Crippen molar-refractivity contribution in [1.29, 1.82) is 0 Å². The van der Waals surface area contributed by atoms with Gasteiger partial charge in [0.1, 0.15) is 6.33 Å². The van der Waals surface area contributed by atoms with Crippen LogP contribution in [0.4, 0.5) is 11.9 Å². The fraction of sp³-hybridized carbons (Fsp3) is 0.800. The largest absolute Gasteiger partial charge is 0.294 e. The predicted octanol–water partition coefficient (Wildman–Crippen LogP) is 4.96. The second kappa shape index (κ2) is 9.84. The number of nitrogens with zero attached hydrogens (tertiary/aromatic N) is 3. The molecule has 0 radical (unpaired) electrons. The van der Waals surface area contributed by atoms with Crippen molar-refractivity contribution >= 4 is 23.7 Å². The van der Waals surface area contributed by atoms with Crippen LogP contribution in [-0.2, 0) is 9.59 Å². The summed E-state index contributed by atoms with van der Waals surface area (Å²) in [6, 6.07) is 0. The molecule has 6 unspecified atom stereocenters. The lowest BCUT2D eigenvalue weighted by molar-refractivity contribution is -0.125. The van der Waals surface area contributed by atoms with Gasteiger partial charge in [0.15, 0.2) is 0 Å². The summed E-state index contributed by atoms with van der Waals surface area (Å²) in [7, 11) is 0. The standard InChI is InChI=1S/C25H37N5O2/c31-22(20-13-5-9-16-7-1-3-11-18(16)20)28-24-26-15-27-25(30-24)29-23(32)21-14-6-10-17-8-2-4-12-19(17)21/h15-21H,1-14H2,(H2,26,27,28,29,30,31,32). The molecular formula is C25H37N5O2. The number of fused-ring (bicyclic) bond motifs is 2. The molecule has 0 spiro atoms. The third-order valence-electron chi connectivity index (χ3n) is 8.86. The Morgan fingerprint density at radius 1 is 0.625 bits per heavy atom. The van der Waals surface area contributed by atoms with Crippen LogP contribution in [-0.4, -0.2) is 26.8 Å². The zero-order valence-corrected chi connectivity index (χ0v) is 19.1. The number of carbonyl (C=O) groups is 2. The van der Waals surface area contributed by atoms with E-state index in [2.05, 4.69) is 25.6 Å². The predicted molar refractivity (Wildman–Crippen MR) is 123 cm³/mol. The molecular weight excluding hydrogens is 402 g/mol. The summed E-state index contributed by atoms with van der Waals surface area (Å²) in [4.78, 5) is 38.8. The van der Waals surface area contributed by atoms with Gasteiger partial charge >= 0.3 is 0 Å². The van der Waals surface area contributed by atoms with E-state index in [4.69, 9.17) is 0 Å². The van der Waals surface area contributed by atoms with Gasteiger partial charge in [0, 0.05) is 11.8 Å². The van der Waals surface area contributed by atoms with Gasteiger partial charge in [-0.3, -0.25) is 20.2 Å². The molecule has 5 rings (SSSR count). The average molecular weight is 440 g/mol. The van der Waals surface area contributed by atoms with Crippen molar-refractivity contribution < 1.29 is 9.59 Å². The first-order valence-corrected chi connectivity index (χ1v) is 13.0. The van der Waals surface area contributed by atoms with E-state index in [-0.39, 0.29) is 35.5 Å². The van der Waals surface area contributed by atoms with Gasteiger partial charge in [-0.1, -0.05) is 64.2 Å². The molecule has 1 aromatic rings. The van der Waals surface area contributed by atoms with E-state index in [9.17, 15) is 9.59 Å². The van der Waals surface area contributed by atoms with Crippen LogP contribution in [0, 0.1) is 35.5 Å². The highest BCUT2D eigenvalue weighted by atomic mass is 16.2. The number of rotatable bonds is 4. The van der Waals surface area contributed by atoms with E-state index < -0.39 is 0 Å². The van der Waals surface area contributed by atoms with Crippen molar-refractivity contribution in [3.05, 3.63) is 6.33 Å². The number of carbonyl (C=O) groups excluding carboxylic acids is 2. The highest BCUT2D eigenvalue weighted by Gasteiger charge is 2.40. The second-order valence-electron chi connectivity index (χ2n) is 10.6. The monoisotopic (exact) mass is 439 g/mol. The Balaban J connectivity index is 1.21. The number of aromatic nitrogens is 3. The molecule has 0 saturated heterocycles. The number of hydrogen-bond acceptors (Lipinski definition) is 5. The van der Waals surface area contributed by atoms with Crippen LogP contribution in [0.5, 0.6) is 0 Å². The Bertz CT molecular complexity index is 763. The zero-order chi connectivity index (χ0) is 21.9. The highest BCUT2D eigenvalue weighted by Crippen LogP contribution is 2.45. The van der Waals surface area contributed by atoms with E-state index in [1.165, 1.54) is 57.7 Å². The summed E-state index contributed by atoms with van der Waals surface area (Å²) in [6.07, 6.45) is 18.0. The second-order valence-corrected chi connectivity index (χ2v) is 10.6. The Morgan fingerprint density at radius 2 is 1.06 bits per heavy atom. The normalized spacial score (nSPS) is 34.6.